The number of hydrogen-bond donors (Lipinski definition) is 2. The zero-order chi connectivity index (χ0) is 14.9. The van der Waals surface area contributed by atoms with Crippen molar-refractivity contribution in [1.29, 1.82) is 0 Å². The van der Waals surface area contributed by atoms with Crippen molar-refractivity contribution >= 4 is 10.0 Å². The lowest BCUT2D eigenvalue weighted by Crippen LogP contribution is -2.38. The van der Waals surface area contributed by atoms with Crippen LogP contribution in [0.1, 0.15) is 17.2 Å². The molecule has 0 fully saturated rings. The van der Waals surface area contributed by atoms with Gasteiger partial charge in [0.1, 0.15) is 4.90 Å². The molecule has 0 aliphatic carbocycles. The molecule has 1 atom stereocenters. The Morgan fingerprint density at radius 2 is 2.24 bits per heavy atom. The van der Waals surface area contributed by atoms with Gasteiger partial charge in [-0.05, 0) is 24.1 Å². The maximum Gasteiger partial charge on any atom is 0.243 e. The summed E-state index contributed by atoms with van der Waals surface area (Å²) in [6.45, 7) is 1.19. The van der Waals surface area contributed by atoms with E-state index in [1.54, 1.807) is 7.05 Å². The summed E-state index contributed by atoms with van der Waals surface area (Å²) in [5, 5.41) is 7.25. The van der Waals surface area contributed by atoms with Crippen molar-refractivity contribution in [2.45, 2.75) is 17.4 Å². The Hall–Kier alpha value is -1.70. The third-order valence-electron chi connectivity index (χ3n) is 3.68. The number of hydrogen-bond acceptors (Lipinski definition) is 4. The first kappa shape index (κ1) is 14.2. The first-order chi connectivity index (χ1) is 10.1. The summed E-state index contributed by atoms with van der Waals surface area (Å²) in [5.74, 6) is 0. The number of fused-ring (bicyclic) bond motifs is 1. The SMILES string of the molecule is Cn1cc(S(=O)(=O)NCC2NCCc3ccccc32)cn1. The number of nitrogens with one attached hydrogen (secondary N) is 2. The molecule has 2 heterocycles. The van der Waals surface area contributed by atoms with Crippen molar-refractivity contribution < 1.29 is 8.42 Å². The maximum absolute atomic E-state index is 12.2. The number of rotatable bonds is 4. The molecule has 7 heteroatoms. The molecule has 6 nitrogen and oxygen atoms in total. The summed E-state index contributed by atoms with van der Waals surface area (Å²) in [5.41, 5.74) is 2.44. The van der Waals surface area contributed by atoms with E-state index in [4.69, 9.17) is 0 Å². The number of aromatic nitrogens is 2. The number of sulfonamides is 1. The Kier molecular flexibility index (Phi) is 3.79. The minimum atomic E-state index is -3.51. The monoisotopic (exact) mass is 306 g/mol. The van der Waals surface area contributed by atoms with Gasteiger partial charge < -0.3 is 5.32 Å². The van der Waals surface area contributed by atoms with Crippen LogP contribution in [-0.4, -0.2) is 31.3 Å². The van der Waals surface area contributed by atoms with Crippen molar-refractivity contribution in [1.82, 2.24) is 19.8 Å². The zero-order valence-electron chi connectivity index (χ0n) is 11.8. The van der Waals surface area contributed by atoms with Gasteiger partial charge in [0.2, 0.25) is 10.0 Å². The molecule has 3 rings (SSSR count). The normalized spacial score (nSPS) is 18.4. The van der Waals surface area contributed by atoms with Crippen LogP contribution in [0.25, 0.3) is 0 Å². The van der Waals surface area contributed by atoms with Gasteiger partial charge in [-0.3, -0.25) is 4.68 Å². The van der Waals surface area contributed by atoms with Gasteiger partial charge in [-0.15, -0.1) is 0 Å². The minimum absolute atomic E-state index is 0.00129. The Balaban J connectivity index is 1.74. The Bertz CT molecular complexity index is 739. The van der Waals surface area contributed by atoms with Crippen LogP contribution in [0.3, 0.4) is 0 Å². The highest BCUT2D eigenvalue weighted by Crippen LogP contribution is 2.22. The van der Waals surface area contributed by atoms with Gasteiger partial charge in [0.15, 0.2) is 0 Å². The molecule has 1 aliphatic heterocycles. The molecule has 2 N–H and O–H groups in total. The molecule has 0 spiro atoms. The van der Waals surface area contributed by atoms with Crippen LogP contribution >= 0.6 is 0 Å². The fourth-order valence-electron chi connectivity index (χ4n) is 2.59. The van der Waals surface area contributed by atoms with Gasteiger partial charge in [-0.2, -0.15) is 5.10 Å². The Morgan fingerprint density at radius 1 is 1.43 bits per heavy atom. The Morgan fingerprint density at radius 3 is 3.00 bits per heavy atom. The molecule has 1 aromatic heterocycles. The lowest BCUT2D eigenvalue weighted by Gasteiger charge is -2.27. The summed E-state index contributed by atoms with van der Waals surface area (Å²) in [7, 11) is -1.82. The quantitative estimate of drug-likeness (QED) is 0.866. The van der Waals surface area contributed by atoms with Gasteiger partial charge in [-0.25, -0.2) is 13.1 Å². The highest BCUT2D eigenvalue weighted by molar-refractivity contribution is 7.89. The number of benzene rings is 1. The van der Waals surface area contributed by atoms with E-state index in [1.165, 1.54) is 22.6 Å². The first-order valence-corrected chi connectivity index (χ1v) is 8.34. The van der Waals surface area contributed by atoms with Crippen molar-refractivity contribution in [2.24, 2.45) is 7.05 Å². The van der Waals surface area contributed by atoms with Gasteiger partial charge >= 0.3 is 0 Å². The molecular formula is C14H18N4O2S. The van der Waals surface area contributed by atoms with Crippen molar-refractivity contribution in [3.63, 3.8) is 0 Å². The fourth-order valence-corrected chi connectivity index (χ4v) is 3.62. The highest BCUT2D eigenvalue weighted by Gasteiger charge is 2.22. The molecule has 0 saturated heterocycles. The zero-order valence-corrected chi connectivity index (χ0v) is 12.6. The van der Waals surface area contributed by atoms with E-state index in [0.717, 1.165) is 18.5 Å². The van der Waals surface area contributed by atoms with E-state index in [9.17, 15) is 8.42 Å². The molecule has 0 saturated carbocycles. The molecule has 112 valence electrons. The van der Waals surface area contributed by atoms with Crippen LogP contribution in [0.2, 0.25) is 0 Å². The standard InChI is InChI=1S/C14H18N4O2S/c1-18-10-12(8-16-18)21(19,20)17-9-14-13-5-3-2-4-11(13)6-7-15-14/h2-5,8,10,14-15,17H,6-7,9H2,1H3. The van der Waals surface area contributed by atoms with Gasteiger partial charge in [0.05, 0.1) is 6.20 Å². The van der Waals surface area contributed by atoms with E-state index in [2.05, 4.69) is 21.2 Å². The average molecular weight is 306 g/mol. The summed E-state index contributed by atoms with van der Waals surface area (Å²) in [6.07, 6.45) is 3.82. The molecule has 0 amide bonds. The predicted molar refractivity (Wildman–Crippen MR) is 79.3 cm³/mol. The molecule has 1 unspecified atom stereocenters. The van der Waals surface area contributed by atoms with Gasteiger partial charge in [0.25, 0.3) is 0 Å². The lowest BCUT2D eigenvalue weighted by atomic mass is 9.95. The van der Waals surface area contributed by atoms with Crippen molar-refractivity contribution in [2.75, 3.05) is 13.1 Å². The molecule has 0 radical (unpaired) electrons. The van der Waals surface area contributed by atoms with Crippen LogP contribution in [-0.2, 0) is 23.5 Å². The fraction of sp³-hybridized carbons (Fsp3) is 0.357. The molecule has 2 aromatic rings. The van der Waals surface area contributed by atoms with E-state index in [1.807, 2.05) is 18.2 Å². The van der Waals surface area contributed by atoms with Gasteiger partial charge in [-0.1, -0.05) is 24.3 Å². The first-order valence-electron chi connectivity index (χ1n) is 6.86. The average Bonchev–Trinajstić information content (AvgIpc) is 2.93. The second-order valence-electron chi connectivity index (χ2n) is 5.16. The minimum Gasteiger partial charge on any atom is -0.308 e. The number of aryl methyl sites for hydroxylation is 1. The van der Waals surface area contributed by atoms with Crippen LogP contribution in [0.4, 0.5) is 0 Å². The molecule has 1 aromatic carbocycles. The second kappa shape index (κ2) is 5.59. The topological polar surface area (TPSA) is 76.0 Å². The van der Waals surface area contributed by atoms with Crippen LogP contribution < -0.4 is 10.0 Å². The number of nitrogens with zero attached hydrogens (tertiary/aromatic N) is 2. The summed E-state index contributed by atoms with van der Waals surface area (Å²) < 4.78 is 28.5. The van der Waals surface area contributed by atoms with E-state index in [0.29, 0.717) is 6.54 Å². The largest absolute Gasteiger partial charge is 0.308 e. The second-order valence-corrected chi connectivity index (χ2v) is 6.92. The van der Waals surface area contributed by atoms with Crippen LogP contribution in [0.5, 0.6) is 0 Å². The summed E-state index contributed by atoms with van der Waals surface area (Å²) in [6, 6.07) is 8.14. The molecule has 21 heavy (non-hydrogen) atoms. The van der Waals surface area contributed by atoms with Gasteiger partial charge in [0, 0.05) is 25.8 Å². The summed E-state index contributed by atoms with van der Waals surface area (Å²) >= 11 is 0. The molecular weight excluding hydrogens is 288 g/mol. The van der Waals surface area contributed by atoms with Crippen LogP contribution in [0, 0.1) is 0 Å². The smallest absolute Gasteiger partial charge is 0.243 e. The Labute approximate surface area is 124 Å². The van der Waals surface area contributed by atoms with Crippen LogP contribution in [0.15, 0.2) is 41.6 Å². The third-order valence-corrected chi connectivity index (χ3v) is 5.06. The summed E-state index contributed by atoms with van der Waals surface area (Å²) in [4.78, 5) is 0.189. The van der Waals surface area contributed by atoms with Crippen molar-refractivity contribution in [3.8, 4) is 0 Å². The van der Waals surface area contributed by atoms with E-state index >= 15 is 0 Å². The third kappa shape index (κ3) is 2.99. The molecule has 1 aliphatic rings. The lowest BCUT2D eigenvalue weighted by molar-refractivity contribution is 0.491. The maximum atomic E-state index is 12.2. The predicted octanol–water partition coefficient (Wildman–Crippen LogP) is 0.585. The molecule has 0 bridgehead atoms. The van der Waals surface area contributed by atoms with Crippen molar-refractivity contribution in [3.05, 3.63) is 47.8 Å². The van der Waals surface area contributed by atoms with E-state index < -0.39 is 10.0 Å². The highest BCUT2D eigenvalue weighted by atomic mass is 32.2. The van der Waals surface area contributed by atoms with E-state index in [-0.39, 0.29) is 10.9 Å².